The second-order valence-electron chi connectivity index (χ2n) is 6.65. The molecule has 1 aromatic carbocycles. The fraction of sp³-hybridized carbons (Fsp3) is 0.421. The van der Waals surface area contributed by atoms with Crippen molar-refractivity contribution in [1.82, 2.24) is 15.1 Å². The quantitative estimate of drug-likeness (QED) is 0.817. The molecule has 1 saturated heterocycles. The molecule has 0 aliphatic carbocycles. The number of nitrogens with two attached hydrogens (primary N) is 1. The Kier molecular flexibility index (Phi) is 5.68. The number of aromatic hydroxyl groups is 1. The van der Waals surface area contributed by atoms with E-state index in [1.807, 2.05) is 18.2 Å². The Balaban J connectivity index is 1.68. The molecule has 0 atom stereocenters. The van der Waals surface area contributed by atoms with Gasteiger partial charge in [0.05, 0.1) is 11.4 Å². The van der Waals surface area contributed by atoms with Gasteiger partial charge in [0.25, 0.3) is 0 Å². The minimum Gasteiger partial charge on any atom is -0.507 e. The lowest BCUT2D eigenvalue weighted by Crippen LogP contribution is -2.47. The molecule has 0 bridgehead atoms. The van der Waals surface area contributed by atoms with Crippen LogP contribution in [-0.2, 0) is 4.79 Å². The first-order chi connectivity index (χ1) is 12.5. The standard InChI is InChI=1S/C19H25N5O2/c1-14(25)5-4-8-23-9-11-24(12-10-23)17-13-16(21-22-19(17)20)15-6-2-3-7-18(15)26/h2-3,6-7,13,26H,4-5,8-12H2,1H3,(H2,20,22). The summed E-state index contributed by atoms with van der Waals surface area (Å²) in [6.45, 7) is 6.11. The lowest BCUT2D eigenvalue weighted by atomic mass is 10.1. The predicted octanol–water partition coefficient (Wildman–Crippen LogP) is 1.92. The molecule has 1 fully saturated rings. The van der Waals surface area contributed by atoms with Crippen LogP contribution in [0.2, 0.25) is 0 Å². The number of hydrogen-bond donors (Lipinski definition) is 2. The third-order valence-electron chi connectivity index (χ3n) is 4.70. The maximum atomic E-state index is 11.1. The fourth-order valence-corrected chi connectivity index (χ4v) is 3.23. The van der Waals surface area contributed by atoms with E-state index < -0.39 is 0 Å². The zero-order valence-corrected chi connectivity index (χ0v) is 15.1. The van der Waals surface area contributed by atoms with Gasteiger partial charge in [-0.05, 0) is 38.1 Å². The van der Waals surface area contributed by atoms with Gasteiger partial charge >= 0.3 is 0 Å². The summed E-state index contributed by atoms with van der Waals surface area (Å²) in [5, 5.41) is 18.3. The Morgan fingerprint density at radius 3 is 2.62 bits per heavy atom. The van der Waals surface area contributed by atoms with Gasteiger partial charge in [-0.2, -0.15) is 0 Å². The number of aromatic nitrogens is 2. The number of anilines is 2. The zero-order chi connectivity index (χ0) is 18.5. The molecule has 138 valence electrons. The van der Waals surface area contributed by atoms with Gasteiger partial charge in [0.2, 0.25) is 0 Å². The van der Waals surface area contributed by atoms with Crippen molar-refractivity contribution in [2.75, 3.05) is 43.4 Å². The molecule has 7 nitrogen and oxygen atoms in total. The van der Waals surface area contributed by atoms with Crippen molar-refractivity contribution in [3.63, 3.8) is 0 Å². The Morgan fingerprint density at radius 2 is 1.92 bits per heavy atom. The van der Waals surface area contributed by atoms with Crippen LogP contribution in [0.3, 0.4) is 0 Å². The van der Waals surface area contributed by atoms with Crippen LogP contribution in [0.15, 0.2) is 30.3 Å². The number of ketones is 1. The molecule has 3 rings (SSSR count). The molecule has 0 spiro atoms. The predicted molar refractivity (Wildman–Crippen MR) is 102 cm³/mol. The normalized spacial score (nSPS) is 15.2. The number of para-hydroxylation sites is 1. The topological polar surface area (TPSA) is 95.6 Å². The second kappa shape index (κ2) is 8.14. The molecule has 0 saturated carbocycles. The van der Waals surface area contributed by atoms with Crippen LogP contribution in [0.25, 0.3) is 11.3 Å². The molecule has 0 amide bonds. The van der Waals surface area contributed by atoms with Crippen LogP contribution >= 0.6 is 0 Å². The van der Waals surface area contributed by atoms with Gasteiger partial charge in [-0.25, -0.2) is 0 Å². The molecular formula is C19H25N5O2. The van der Waals surface area contributed by atoms with Crippen LogP contribution in [0, 0.1) is 0 Å². The van der Waals surface area contributed by atoms with Gasteiger partial charge in [0.15, 0.2) is 5.82 Å². The Labute approximate surface area is 153 Å². The number of piperazine rings is 1. The number of Topliss-reactive ketones (excluding diaryl/α,β-unsaturated/α-hetero) is 1. The number of carbonyl (C=O) groups excluding carboxylic acids is 1. The van der Waals surface area contributed by atoms with Crippen molar-refractivity contribution < 1.29 is 9.90 Å². The molecule has 3 N–H and O–H groups in total. The largest absolute Gasteiger partial charge is 0.507 e. The third-order valence-corrected chi connectivity index (χ3v) is 4.70. The average Bonchev–Trinajstić information content (AvgIpc) is 2.63. The number of phenols is 1. The van der Waals surface area contributed by atoms with Crippen LogP contribution in [-0.4, -0.2) is 58.7 Å². The summed E-state index contributed by atoms with van der Waals surface area (Å²) in [6.07, 6.45) is 1.55. The number of carbonyl (C=O) groups is 1. The summed E-state index contributed by atoms with van der Waals surface area (Å²) in [7, 11) is 0. The van der Waals surface area contributed by atoms with E-state index in [2.05, 4.69) is 20.0 Å². The van der Waals surface area contributed by atoms with Crippen molar-refractivity contribution in [3.8, 4) is 17.0 Å². The van der Waals surface area contributed by atoms with Crippen molar-refractivity contribution in [2.45, 2.75) is 19.8 Å². The summed E-state index contributed by atoms with van der Waals surface area (Å²) in [6, 6.07) is 8.96. The van der Waals surface area contributed by atoms with E-state index >= 15 is 0 Å². The van der Waals surface area contributed by atoms with E-state index in [0.717, 1.165) is 44.8 Å². The summed E-state index contributed by atoms with van der Waals surface area (Å²) in [4.78, 5) is 15.6. The number of rotatable bonds is 6. The van der Waals surface area contributed by atoms with Crippen molar-refractivity contribution in [1.29, 1.82) is 0 Å². The summed E-state index contributed by atoms with van der Waals surface area (Å²) < 4.78 is 0. The van der Waals surface area contributed by atoms with Crippen molar-refractivity contribution in [2.24, 2.45) is 0 Å². The van der Waals surface area contributed by atoms with E-state index in [-0.39, 0.29) is 11.5 Å². The molecule has 7 heteroatoms. The molecule has 0 radical (unpaired) electrons. The molecule has 1 aliphatic rings. The van der Waals surface area contributed by atoms with Crippen LogP contribution in [0.1, 0.15) is 19.8 Å². The molecule has 2 heterocycles. The summed E-state index contributed by atoms with van der Waals surface area (Å²) in [5.41, 5.74) is 8.15. The van der Waals surface area contributed by atoms with Gasteiger partial charge in [0, 0.05) is 38.2 Å². The van der Waals surface area contributed by atoms with Crippen LogP contribution < -0.4 is 10.6 Å². The minimum atomic E-state index is 0.174. The van der Waals surface area contributed by atoms with Gasteiger partial charge in [-0.3, -0.25) is 4.90 Å². The van der Waals surface area contributed by atoms with Gasteiger partial charge in [0.1, 0.15) is 11.5 Å². The Morgan fingerprint density at radius 1 is 1.19 bits per heavy atom. The maximum absolute atomic E-state index is 11.1. The number of hydrogen-bond acceptors (Lipinski definition) is 7. The van der Waals surface area contributed by atoms with E-state index in [1.54, 1.807) is 19.1 Å². The number of nitrogens with zero attached hydrogens (tertiary/aromatic N) is 4. The molecular weight excluding hydrogens is 330 g/mol. The van der Waals surface area contributed by atoms with E-state index in [1.165, 1.54) is 0 Å². The summed E-state index contributed by atoms with van der Waals surface area (Å²) >= 11 is 0. The van der Waals surface area contributed by atoms with Gasteiger partial charge in [-0.15, -0.1) is 10.2 Å². The summed E-state index contributed by atoms with van der Waals surface area (Å²) in [5.74, 6) is 0.818. The maximum Gasteiger partial charge on any atom is 0.169 e. The molecule has 26 heavy (non-hydrogen) atoms. The zero-order valence-electron chi connectivity index (χ0n) is 15.1. The lowest BCUT2D eigenvalue weighted by Gasteiger charge is -2.36. The van der Waals surface area contributed by atoms with Gasteiger partial charge < -0.3 is 20.5 Å². The highest BCUT2D eigenvalue weighted by atomic mass is 16.3. The van der Waals surface area contributed by atoms with Crippen LogP contribution in [0.4, 0.5) is 11.5 Å². The Hall–Kier alpha value is -2.67. The van der Waals surface area contributed by atoms with Crippen LogP contribution in [0.5, 0.6) is 5.75 Å². The van der Waals surface area contributed by atoms with E-state index in [4.69, 9.17) is 5.73 Å². The van der Waals surface area contributed by atoms with E-state index in [0.29, 0.717) is 23.5 Å². The Bertz CT molecular complexity index is 772. The minimum absolute atomic E-state index is 0.174. The molecule has 2 aromatic rings. The fourth-order valence-electron chi connectivity index (χ4n) is 3.23. The number of benzene rings is 1. The van der Waals surface area contributed by atoms with Crippen molar-refractivity contribution >= 4 is 17.3 Å². The first-order valence-electron chi connectivity index (χ1n) is 8.93. The monoisotopic (exact) mass is 355 g/mol. The molecule has 0 unspecified atom stereocenters. The third kappa shape index (κ3) is 4.29. The van der Waals surface area contributed by atoms with Gasteiger partial charge in [-0.1, -0.05) is 12.1 Å². The molecule has 1 aliphatic heterocycles. The number of nitrogen functional groups attached to an aromatic ring is 1. The first kappa shape index (κ1) is 18.1. The van der Waals surface area contributed by atoms with E-state index in [9.17, 15) is 9.90 Å². The average molecular weight is 355 g/mol. The lowest BCUT2D eigenvalue weighted by molar-refractivity contribution is -0.117. The number of phenolic OH excluding ortho intramolecular Hbond substituents is 1. The molecule has 1 aromatic heterocycles. The smallest absolute Gasteiger partial charge is 0.169 e. The second-order valence-corrected chi connectivity index (χ2v) is 6.65. The SMILES string of the molecule is CC(=O)CCCN1CCN(c2cc(-c3ccccc3O)nnc2N)CC1. The van der Waals surface area contributed by atoms with Crippen molar-refractivity contribution in [3.05, 3.63) is 30.3 Å². The first-order valence-corrected chi connectivity index (χ1v) is 8.93. The highest BCUT2D eigenvalue weighted by molar-refractivity contribution is 5.75. The highest BCUT2D eigenvalue weighted by Gasteiger charge is 2.20. The highest BCUT2D eigenvalue weighted by Crippen LogP contribution is 2.31.